The van der Waals surface area contributed by atoms with E-state index in [1.807, 2.05) is 31.2 Å². The predicted molar refractivity (Wildman–Crippen MR) is 78.3 cm³/mol. The second-order valence-electron chi connectivity index (χ2n) is 4.28. The third kappa shape index (κ3) is 4.24. The van der Waals surface area contributed by atoms with Crippen molar-refractivity contribution in [3.8, 4) is 5.75 Å². The molecule has 0 saturated carbocycles. The third-order valence-electron chi connectivity index (χ3n) is 2.60. The standard InChI is InChI=1S/C15H15ClN2O2/c1-11-3-2-4-13(9-11)20-8-7-18-15(19)14-10-12(16)5-6-17-14/h2-6,9-10H,7-8H2,1H3,(H,18,19). The molecule has 0 aliphatic heterocycles. The fourth-order valence-electron chi connectivity index (χ4n) is 1.66. The minimum absolute atomic E-state index is 0.264. The van der Waals surface area contributed by atoms with Crippen LogP contribution in [0.4, 0.5) is 0 Å². The van der Waals surface area contributed by atoms with Crippen LogP contribution in [0.1, 0.15) is 16.1 Å². The molecule has 2 aromatic rings. The molecule has 0 spiro atoms. The molecule has 0 unspecified atom stereocenters. The number of carbonyl (C=O) groups excluding carboxylic acids is 1. The Morgan fingerprint density at radius 2 is 2.20 bits per heavy atom. The number of nitrogens with zero attached hydrogens (tertiary/aromatic N) is 1. The van der Waals surface area contributed by atoms with E-state index in [0.717, 1.165) is 11.3 Å². The number of pyridine rings is 1. The number of aryl methyl sites for hydroxylation is 1. The summed E-state index contributed by atoms with van der Waals surface area (Å²) in [5, 5.41) is 3.21. The van der Waals surface area contributed by atoms with Gasteiger partial charge in [-0.1, -0.05) is 23.7 Å². The number of rotatable bonds is 5. The number of benzene rings is 1. The molecule has 1 aromatic carbocycles. The van der Waals surface area contributed by atoms with Gasteiger partial charge in [0, 0.05) is 11.2 Å². The van der Waals surface area contributed by atoms with Gasteiger partial charge >= 0.3 is 0 Å². The second-order valence-corrected chi connectivity index (χ2v) is 4.72. The number of hydrogen-bond donors (Lipinski definition) is 1. The highest BCUT2D eigenvalue weighted by Gasteiger charge is 2.06. The highest BCUT2D eigenvalue weighted by Crippen LogP contribution is 2.11. The van der Waals surface area contributed by atoms with Crippen molar-refractivity contribution < 1.29 is 9.53 Å². The summed E-state index contributed by atoms with van der Waals surface area (Å²) in [5.41, 5.74) is 1.43. The smallest absolute Gasteiger partial charge is 0.270 e. The first-order valence-corrected chi connectivity index (χ1v) is 6.62. The molecule has 1 N–H and O–H groups in total. The van der Waals surface area contributed by atoms with E-state index >= 15 is 0 Å². The molecular formula is C15H15ClN2O2. The summed E-state index contributed by atoms with van der Waals surface area (Å²) in [7, 11) is 0. The van der Waals surface area contributed by atoms with Crippen LogP contribution in [0.15, 0.2) is 42.6 Å². The lowest BCUT2D eigenvalue weighted by atomic mass is 10.2. The quantitative estimate of drug-likeness (QED) is 0.862. The summed E-state index contributed by atoms with van der Waals surface area (Å²) < 4.78 is 5.54. The highest BCUT2D eigenvalue weighted by atomic mass is 35.5. The average molecular weight is 291 g/mol. The number of aromatic nitrogens is 1. The first-order valence-electron chi connectivity index (χ1n) is 6.24. The Labute approximate surface area is 122 Å². The Balaban J connectivity index is 1.77. The van der Waals surface area contributed by atoms with Crippen molar-refractivity contribution in [3.63, 3.8) is 0 Å². The van der Waals surface area contributed by atoms with Gasteiger partial charge in [0.15, 0.2) is 0 Å². The number of carbonyl (C=O) groups is 1. The SMILES string of the molecule is Cc1cccc(OCCNC(=O)c2cc(Cl)ccn2)c1. The van der Waals surface area contributed by atoms with E-state index in [1.165, 1.54) is 12.3 Å². The Bertz CT molecular complexity index is 602. The predicted octanol–water partition coefficient (Wildman–Crippen LogP) is 2.85. The fourth-order valence-corrected chi connectivity index (χ4v) is 1.82. The van der Waals surface area contributed by atoms with E-state index in [0.29, 0.717) is 23.9 Å². The van der Waals surface area contributed by atoms with Gasteiger partial charge in [0.2, 0.25) is 0 Å². The second kappa shape index (κ2) is 6.91. The van der Waals surface area contributed by atoms with E-state index in [9.17, 15) is 4.79 Å². The number of ether oxygens (including phenoxy) is 1. The van der Waals surface area contributed by atoms with Gasteiger partial charge in [-0.3, -0.25) is 9.78 Å². The maximum absolute atomic E-state index is 11.8. The van der Waals surface area contributed by atoms with Crippen LogP contribution in [0, 0.1) is 6.92 Å². The van der Waals surface area contributed by atoms with Crippen molar-refractivity contribution in [1.29, 1.82) is 0 Å². The Kier molecular flexibility index (Phi) is 4.96. The van der Waals surface area contributed by atoms with E-state index in [4.69, 9.17) is 16.3 Å². The lowest BCUT2D eigenvalue weighted by Crippen LogP contribution is -2.28. The summed E-state index contributed by atoms with van der Waals surface area (Å²) in [4.78, 5) is 15.7. The topological polar surface area (TPSA) is 51.2 Å². The van der Waals surface area contributed by atoms with E-state index < -0.39 is 0 Å². The van der Waals surface area contributed by atoms with Gasteiger partial charge in [0.05, 0.1) is 6.54 Å². The zero-order valence-electron chi connectivity index (χ0n) is 11.1. The fraction of sp³-hybridized carbons (Fsp3) is 0.200. The molecule has 0 radical (unpaired) electrons. The average Bonchev–Trinajstić information content (AvgIpc) is 2.43. The maximum atomic E-state index is 11.8. The molecule has 0 atom stereocenters. The molecule has 0 aliphatic carbocycles. The van der Waals surface area contributed by atoms with Gasteiger partial charge in [-0.2, -0.15) is 0 Å². The van der Waals surface area contributed by atoms with Crippen LogP contribution in [-0.4, -0.2) is 24.0 Å². The van der Waals surface area contributed by atoms with Crippen molar-refractivity contribution in [2.75, 3.05) is 13.2 Å². The molecule has 0 fully saturated rings. The minimum atomic E-state index is -0.264. The Morgan fingerprint density at radius 1 is 1.35 bits per heavy atom. The monoisotopic (exact) mass is 290 g/mol. The molecule has 2 rings (SSSR count). The van der Waals surface area contributed by atoms with Gasteiger partial charge in [-0.15, -0.1) is 0 Å². The normalized spacial score (nSPS) is 10.1. The number of amides is 1. The lowest BCUT2D eigenvalue weighted by Gasteiger charge is -2.08. The van der Waals surface area contributed by atoms with Crippen LogP contribution in [0.25, 0.3) is 0 Å². The summed E-state index contributed by atoms with van der Waals surface area (Å²) >= 11 is 5.80. The van der Waals surface area contributed by atoms with Crippen molar-refractivity contribution in [2.24, 2.45) is 0 Å². The molecule has 5 heteroatoms. The Morgan fingerprint density at radius 3 is 2.95 bits per heavy atom. The molecule has 1 heterocycles. The van der Waals surface area contributed by atoms with Crippen LogP contribution in [0.3, 0.4) is 0 Å². The van der Waals surface area contributed by atoms with Gasteiger partial charge in [-0.05, 0) is 36.8 Å². The summed E-state index contributed by atoms with van der Waals surface area (Å²) in [6.07, 6.45) is 1.50. The molecule has 0 bridgehead atoms. The summed E-state index contributed by atoms with van der Waals surface area (Å²) in [5.74, 6) is 0.528. The van der Waals surface area contributed by atoms with Crippen molar-refractivity contribution in [1.82, 2.24) is 10.3 Å². The zero-order chi connectivity index (χ0) is 14.4. The van der Waals surface area contributed by atoms with Gasteiger partial charge < -0.3 is 10.1 Å². The zero-order valence-corrected chi connectivity index (χ0v) is 11.9. The first kappa shape index (κ1) is 14.3. The number of halogens is 1. The number of hydrogen-bond acceptors (Lipinski definition) is 3. The molecule has 0 saturated heterocycles. The van der Waals surface area contributed by atoms with E-state index in [-0.39, 0.29) is 5.91 Å². The third-order valence-corrected chi connectivity index (χ3v) is 2.84. The molecule has 1 amide bonds. The molecule has 20 heavy (non-hydrogen) atoms. The van der Waals surface area contributed by atoms with Gasteiger partial charge in [-0.25, -0.2) is 0 Å². The van der Waals surface area contributed by atoms with Crippen LogP contribution in [-0.2, 0) is 0 Å². The van der Waals surface area contributed by atoms with E-state index in [2.05, 4.69) is 10.3 Å². The van der Waals surface area contributed by atoms with Gasteiger partial charge in [0.25, 0.3) is 5.91 Å². The Hall–Kier alpha value is -2.07. The maximum Gasteiger partial charge on any atom is 0.270 e. The van der Waals surface area contributed by atoms with Crippen molar-refractivity contribution in [2.45, 2.75) is 6.92 Å². The molecule has 1 aromatic heterocycles. The van der Waals surface area contributed by atoms with Crippen molar-refractivity contribution in [3.05, 3.63) is 58.9 Å². The lowest BCUT2D eigenvalue weighted by molar-refractivity contribution is 0.0942. The number of nitrogens with one attached hydrogen (secondary N) is 1. The first-order chi connectivity index (χ1) is 9.65. The largest absolute Gasteiger partial charge is 0.492 e. The molecule has 0 aliphatic rings. The molecule has 104 valence electrons. The van der Waals surface area contributed by atoms with Crippen LogP contribution >= 0.6 is 11.6 Å². The van der Waals surface area contributed by atoms with Crippen LogP contribution in [0.5, 0.6) is 5.75 Å². The molecular weight excluding hydrogens is 276 g/mol. The molecule has 4 nitrogen and oxygen atoms in total. The highest BCUT2D eigenvalue weighted by molar-refractivity contribution is 6.30. The van der Waals surface area contributed by atoms with Crippen LogP contribution < -0.4 is 10.1 Å². The van der Waals surface area contributed by atoms with Crippen LogP contribution in [0.2, 0.25) is 5.02 Å². The summed E-state index contributed by atoms with van der Waals surface area (Å²) in [6.45, 7) is 2.80. The van der Waals surface area contributed by atoms with Crippen molar-refractivity contribution >= 4 is 17.5 Å². The minimum Gasteiger partial charge on any atom is -0.492 e. The summed E-state index contributed by atoms with van der Waals surface area (Å²) in [6, 6.07) is 10.9. The van der Waals surface area contributed by atoms with Gasteiger partial charge in [0.1, 0.15) is 18.1 Å². The van der Waals surface area contributed by atoms with E-state index in [1.54, 1.807) is 6.07 Å².